The number of hydrogen-bond acceptors (Lipinski definition) is 5. The number of nitrogens with two attached hydrogens (primary N) is 1. The minimum Gasteiger partial charge on any atom is -0.404 e. The van der Waals surface area contributed by atoms with Crippen LogP contribution in [0.5, 0.6) is 0 Å². The molecular weight excluding hydrogens is 353 g/mol. The van der Waals surface area contributed by atoms with Gasteiger partial charge in [-0.25, -0.2) is 4.39 Å². The molecule has 1 heterocycles. The fourth-order valence-corrected chi connectivity index (χ4v) is 3.20. The number of rotatable bonds is 6. The van der Waals surface area contributed by atoms with Crippen molar-refractivity contribution in [2.24, 2.45) is 5.73 Å². The van der Waals surface area contributed by atoms with Crippen LogP contribution >= 0.6 is 11.8 Å². The summed E-state index contributed by atoms with van der Waals surface area (Å²) < 4.78 is 14.5. The largest absolute Gasteiger partial charge is 0.404 e. The molecule has 1 aromatic heterocycles. The molecule has 8 heteroatoms. The van der Waals surface area contributed by atoms with Crippen LogP contribution in [0.25, 0.3) is 5.57 Å². The molecule has 0 aliphatic heterocycles. The summed E-state index contributed by atoms with van der Waals surface area (Å²) in [7, 11) is 0. The predicted molar refractivity (Wildman–Crippen MR) is 103 cm³/mol. The second-order valence-electron chi connectivity index (χ2n) is 6.43. The summed E-state index contributed by atoms with van der Waals surface area (Å²) in [6.07, 6.45) is 2.90. The third kappa shape index (κ3) is 4.95. The van der Waals surface area contributed by atoms with E-state index in [-0.39, 0.29) is 17.2 Å². The number of carbonyl (C=O) groups is 1. The molecule has 2 aromatic rings. The molecule has 6 nitrogen and oxygen atoms in total. The van der Waals surface area contributed by atoms with Gasteiger partial charge in [0.25, 0.3) is 0 Å². The Bertz CT molecular complexity index is 809. The first-order valence-corrected chi connectivity index (χ1v) is 8.98. The van der Waals surface area contributed by atoms with E-state index in [2.05, 4.69) is 15.5 Å². The monoisotopic (exact) mass is 375 g/mol. The van der Waals surface area contributed by atoms with Crippen LogP contribution in [0.4, 0.5) is 10.1 Å². The number of nitrogens with one attached hydrogen (secondary N) is 1. The summed E-state index contributed by atoms with van der Waals surface area (Å²) in [6, 6.07) is 9.22. The Hall–Kier alpha value is -2.61. The van der Waals surface area contributed by atoms with Crippen molar-refractivity contribution in [1.82, 2.24) is 14.8 Å². The van der Waals surface area contributed by atoms with Crippen LogP contribution in [0.3, 0.4) is 0 Å². The zero-order chi connectivity index (χ0) is 19.2. The van der Waals surface area contributed by atoms with E-state index >= 15 is 0 Å². The van der Waals surface area contributed by atoms with E-state index in [1.807, 2.05) is 55.7 Å². The second-order valence-corrected chi connectivity index (χ2v) is 7.37. The molecule has 1 aromatic carbocycles. The van der Waals surface area contributed by atoms with Crippen LogP contribution in [0, 0.1) is 0 Å². The van der Waals surface area contributed by atoms with Gasteiger partial charge >= 0.3 is 0 Å². The first-order chi connectivity index (χ1) is 12.4. The van der Waals surface area contributed by atoms with E-state index in [9.17, 15) is 9.18 Å². The fraction of sp³-hybridized carbons (Fsp3) is 0.278. The topological polar surface area (TPSA) is 85.8 Å². The maximum Gasteiger partial charge on any atom is 0.234 e. The summed E-state index contributed by atoms with van der Waals surface area (Å²) in [4.78, 5) is 12.2. The van der Waals surface area contributed by atoms with Crippen molar-refractivity contribution in [2.75, 3.05) is 11.1 Å². The highest BCUT2D eigenvalue weighted by Crippen LogP contribution is 2.29. The molecule has 0 bridgehead atoms. The molecule has 26 heavy (non-hydrogen) atoms. The highest BCUT2D eigenvalue weighted by molar-refractivity contribution is 7.99. The summed E-state index contributed by atoms with van der Waals surface area (Å²) in [5.74, 6) is 0.466. The minimum absolute atomic E-state index is 0.149. The van der Waals surface area contributed by atoms with Gasteiger partial charge in [-0.05, 0) is 39.0 Å². The first kappa shape index (κ1) is 19.7. The van der Waals surface area contributed by atoms with Gasteiger partial charge in [0.05, 0.1) is 12.1 Å². The van der Waals surface area contributed by atoms with Crippen LogP contribution < -0.4 is 11.1 Å². The van der Waals surface area contributed by atoms with Crippen molar-refractivity contribution < 1.29 is 9.18 Å². The van der Waals surface area contributed by atoms with E-state index < -0.39 is 0 Å². The molecule has 138 valence electrons. The summed E-state index contributed by atoms with van der Waals surface area (Å²) >= 11 is 1.26. The Balaban J connectivity index is 2.19. The van der Waals surface area contributed by atoms with Gasteiger partial charge in [-0.3, -0.25) is 9.36 Å². The van der Waals surface area contributed by atoms with Gasteiger partial charge in [0.2, 0.25) is 5.91 Å². The molecule has 3 N–H and O–H groups in total. The van der Waals surface area contributed by atoms with Gasteiger partial charge in [-0.15, -0.1) is 10.2 Å². The predicted octanol–water partition coefficient (Wildman–Crippen LogP) is 3.55. The highest BCUT2D eigenvalue weighted by Gasteiger charge is 2.25. The molecule has 0 spiro atoms. The lowest BCUT2D eigenvalue weighted by molar-refractivity contribution is -0.113. The number of aromatic nitrogens is 3. The van der Waals surface area contributed by atoms with Gasteiger partial charge in [0, 0.05) is 23.0 Å². The molecule has 0 atom stereocenters. The van der Waals surface area contributed by atoms with Crippen molar-refractivity contribution >= 4 is 28.9 Å². The lowest BCUT2D eigenvalue weighted by Crippen LogP contribution is -2.25. The number of para-hydroxylation sites is 1. The number of carbonyl (C=O) groups excluding carboxylic acids is 1. The van der Waals surface area contributed by atoms with E-state index in [1.54, 1.807) is 0 Å². The van der Waals surface area contributed by atoms with E-state index in [0.717, 1.165) is 5.69 Å². The average Bonchev–Trinajstić information content (AvgIpc) is 3.03. The number of allylic oxidation sites excluding steroid dienone is 2. The summed E-state index contributed by atoms with van der Waals surface area (Å²) in [6.45, 7) is 5.92. The van der Waals surface area contributed by atoms with Gasteiger partial charge < -0.3 is 11.1 Å². The Kier molecular flexibility index (Phi) is 6.57. The number of thioether (sulfide) groups is 1. The third-order valence-electron chi connectivity index (χ3n) is 3.37. The van der Waals surface area contributed by atoms with Gasteiger partial charge in [0.1, 0.15) is 0 Å². The summed E-state index contributed by atoms with van der Waals surface area (Å²) in [5, 5.41) is 11.7. The normalized spacial score (nSPS) is 12.5. The molecule has 0 aliphatic rings. The molecule has 0 unspecified atom stereocenters. The van der Waals surface area contributed by atoms with Gasteiger partial charge in [-0.2, -0.15) is 0 Å². The lowest BCUT2D eigenvalue weighted by atomic mass is 10.1. The zero-order valence-electron chi connectivity index (χ0n) is 14.9. The molecule has 0 saturated carbocycles. The smallest absolute Gasteiger partial charge is 0.234 e. The van der Waals surface area contributed by atoms with Crippen molar-refractivity contribution in [2.45, 2.75) is 31.5 Å². The zero-order valence-corrected chi connectivity index (χ0v) is 15.8. The van der Waals surface area contributed by atoms with Crippen molar-refractivity contribution in [3.63, 3.8) is 0 Å². The third-order valence-corrected chi connectivity index (χ3v) is 4.30. The average molecular weight is 375 g/mol. The van der Waals surface area contributed by atoms with Crippen molar-refractivity contribution in [3.8, 4) is 0 Å². The second kappa shape index (κ2) is 8.66. The first-order valence-electron chi connectivity index (χ1n) is 7.99. The number of hydrogen-bond donors (Lipinski definition) is 2. The molecule has 0 radical (unpaired) electrons. The van der Waals surface area contributed by atoms with Crippen molar-refractivity contribution in [3.05, 3.63) is 54.8 Å². The minimum atomic E-state index is -0.379. The maximum atomic E-state index is 12.6. The van der Waals surface area contributed by atoms with Crippen LogP contribution in [-0.4, -0.2) is 26.4 Å². The Morgan fingerprint density at radius 3 is 2.58 bits per heavy atom. The molecule has 0 saturated heterocycles. The lowest BCUT2D eigenvalue weighted by Gasteiger charge is -2.24. The Morgan fingerprint density at radius 1 is 1.31 bits per heavy atom. The number of nitrogens with zero attached hydrogens (tertiary/aromatic N) is 3. The highest BCUT2D eigenvalue weighted by atomic mass is 32.2. The van der Waals surface area contributed by atoms with E-state index in [4.69, 9.17) is 5.73 Å². The van der Waals surface area contributed by atoms with Crippen LogP contribution in [-0.2, 0) is 10.3 Å². The molecule has 0 fully saturated rings. The van der Waals surface area contributed by atoms with Crippen molar-refractivity contribution in [1.29, 1.82) is 0 Å². The number of anilines is 1. The molecule has 1 amide bonds. The fourth-order valence-electron chi connectivity index (χ4n) is 2.28. The number of amides is 1. The van der Waals surface area contributed by atoms with E-state index in [1.165, 1.54) is 24.0 Å². The van der Waals surface area contributed by atoms with Crippen LogP contribution in [0.2, 0.25) is 0 Å². The van der Waals surface area contributed by atoms with Gasteiger partial charge in [-0.1, -0.05) is 30.0 Å². The van der Waals surface area contributed by atoms with Gasteiger partial charge in [0.15, 0.2) is 11.0 Å². The van der Waals surface area contributed by atoms with Crippen LogP contribution in [0.15, 0.2) is 54.1 Å². The Morgan fingerprint density at radius 2 is 2.00 bits per heavy atom. The SMILES string of the molecule is CC(C)(C)n1c(SCC(=O)Nc2ccccc2)nnc1C(/C=C\F)=C/N. The summed E-state index contributed by atoms with van der Waals surface area (Å²) in [5.41, 5.74) is 6.36. The number of halogens is 1. The number of benzene rings is 1. The standard InChI is InChI=1S/C18H22FN5OS/c1-18(2,3)24-16(13(11-20)9-10-19)22-23-17(24)26-12-15(25)21-14-7-5-4-6-8-14/h4-11H,12,20H2,1-3H3,(H,21,25)/b10-9-,13-11+. The Labute approximate surface area is 156 Å². The quantitative estimate of drug-likeness (QED) is 0.596. The molecular formula is C18H22FN5OS. The maximum absolute atomic E-state index is 12.6. The van der Waals surface area contributed by atoms with Crippen LogP contribution in [0.1, 0.15) is 26.6 Å². The van der Waals surface area contributed by atoms with E-state index in [0.29, 0.717) is 22.9 Å². The molecule has 0 aliphatic carbocycles. The molecule has 2 rings (SSSR count).